The summed E-state index contributed by atoms with van der Waals surface area (Å²) in [5.74, 6) is -2.48. The Hall–Kier alpha value is -2.81. The van der Waals surface area contributed by atoms with Crippen molar-refractivity contribution in [2.75, 3.05) is 19.5 Å². The van der Waals surface area contributed by atoms with Crippen LogP contribution in [0.2, 0.25) is 0 Å². The summed E-state index contributed by atoms with van der Waals surface area (Å²) in [6, 6.07) is 3.10. The fraction of sp³-hybridized carbons (Fsp3) is 0.154. The molecule has 3 N–H and O–H groups in total. The lowest BCUT2D eigenvalue weighted by molar-refractivity contribution is -0.147. The number of nitrogens with one attached hydrogen (secondary N) is 1. The van der Waals surface area contributed by atoms with Crippen molar-refractivity contribution >= 4 is 28.3 Å². The van der Waals surface area contributed by atoms with Gasteiger partial charge >= 0.3 is 11.9 Å². The van der Waals surface area contributed by atoms with E-state index in [-0.39, 0.29) is 22.4 Å². The maximum Gasteiger partial charge on any atom is 0.394 e. The minimum absolute atomic E-state index is 0.136. The van der Waals surface area contributed by atoms with Crippen LogP contribution >= 0.6 is 11.3 Å². The first-order valence-electron chi connectivity index (χ1n) is 5.91. The number of aromatic hydroxyl groups is 1. The van der Waals surface area contributed by atoms with Crippen LogP contribution in [0.4, 0.5) is 5.13 Å². The fourth-order valence-corrected chi connectivity index (χ4v) is 2.37. The highest BCUT2D eigenvalue weighted by atomic mass is 32.1. The molecule has 0 saturated carbocycles. The highest BCUT2D eigenvalue weighted by Gasteiger charge is 2.16. The van der Waals surface area contributed by atoms with E-state index in [9.17, 15) is 14.7 Å². The predicted molar refractivity (Wildman–Crippen MR) is 78.6 cm³/mol. The number of carboxylic acids is 1. The number of rotatable bonds is 4. The van der Waals surface area contributed by atoms with Gasteiger partial charge in [0.1, 0.15) is 0 Å². The summed E-state index contributed by atoms with van der Waals surface area (Å²) in [6.07, 6.45) is 0. The van der Waals surface area contributed by atoms with E-state index in [4.69, 9.17) is 14.6 Å². The molecule has 1 amide bonds. The van der Waals surface area contributed by atoms with Crippen molar-refractivity contribution in [1.29, 1.82) is 0 Å². The second-order valence-electron chi connectivity index (χ2n) is 4.03. The van der Waals surface area contributed by atoms with Crippen molar-refractivity contribution in [2.24, 2.45) is 0 Å². The Bertz CT molecular complexity index is 702. The zero-order chi connectivity index (χ0) is 16.3. The number of methoxy groups -OCH3 is 2. The van der Waals surface area contributed by atoms with Gasteiger partial charge in [-0.1, -0.05) is 0 Å². The third-order valence-electron chi connectivity index (χ3n) is 2.69. The van der Waals surface area contributed by atoms with Crippen LogP contribution in [0.25, 0.3) is 11.3 Å². The van der Waals surface area contributed by atoms with Crippen molar-refractivity contribution in [2.45, 2.75) is 0 Å². The number of hydrogen-bond donors (Lipinski definition) is 3. The highest BCUT2D eigenvalue weighted by molar-refractivity contribution is 7.14. The Morgan fingerprint density at radius 3 is 2.32 bits per heavy atom. The molecule has 0 atom stereocenters. The molecule has 0 radical (unpaired) electrons. The first-order chi connectivity index (χ1) is 10.5. The maximum absolute atomic E-state index is 11.1. The Balaban J connectivity index is 2.35. The lowest BCUT2D eigenvalue weighted by Gasteiger charge is -2.10. The molecule has 8 nitrogen and oxygen atoms in total. The van der Waals surface area contributed by atoms with Crippen LogP contribution in [0.3, 0.4) is 0 Å². The molecule has 0 aliphatic rings. The molecule has 0 saturated heterocycles. The number of phenolic OH excluding ortho intramolecular Hbond substituents is 1. The maximum atomic E-state index is 11.1. The Morgan fingerprint density at radius 1 is 1.23 bits per heavy atom. The summed E-state index contributed by atoms with van der Waals surface area (Å²) in [5, 5.41) is 22.3. The standard InChI is InChI=1S/C13H12N2O6S/c1-20-8-3-6(4-9(21-2)10(8)16)7-5-22-13(14-7)15-11(17)12(18)19/h3-5,16H,1-2H3,(H,18,19)(H,14,15,17). The van der Waals surface area contributed by atoms with Crippen LogP contribution in [-0.4, -0.2) is 41.3 Å². The third-order valence-corrected chi connectivity index (χ3v) is 3.45. The van der Waals surface area contributed by atoms with Gasteiger partial charge in [0.2, 0.25) is 5.75 Å². The number of thiazole rings is 1. The number of ether oxygens (including phenoxy) is 2. The number of carbonyl (C=O) groups excluding carboxylic acids is 1. The number of benzene rings is 1. The van der Waals surface area contributed by atoms with Crippen LogP contribution in [0.1, 0.15) is 0 Å². The summed E-state index contributed by atoms with van der Waals surface area (Å²) in [5.41, 5.74) is 1.06. The number of phenols is 1. The van der Waals surface area contributed by atoms with E-state index in [1.807, 2.05) is 0 Å². The number of hydrogen-bond acceptors (Lipinski definition) is 7. The Morgan fingerprint density at radius 2 is 1.82 bits per heavy atom. The zero-order valence-electron chi connectivity index (χ0n) is 11.6. The van der Waals surface area contributed by atoms with Crippen molar-refractivity contribution in [3.05, 3.63) is 17.5 Å². The molecule has 1 heterocycles. The van der Waals surface area contributed by atoms with E-state index < -0.39 is 11.9 Å². The van der Waals surface area contributed by atoms with E-state index >= 15 is 0 Å². The second-order valence-corrected chi connectivity index (χ2v) is 4.88. The van der Waals surface area contributed by atoms with Crippen molar-refractivity contribution in [3.63, 3.8) is 0 Å². The number of anilines is 1. The summed E-state index contributed by atoms with van der Waals surface area (Å²) >= 11 is 1.07. The highest BCUT2D eigenvalue weighted by Crippen LogP contribution is 2.40. The van der Waals surface area contributed by atoms with Gasteiger partial charge in [0.25, 0.3) is 0 Å². The van der Waals surface area contributed by atoms with E-state index in [0.717, 1.165) is 11.3 Å². The van der Waals surface area contributed by atoms with Gasteiger partial charge in [-0.3, -0.25) is 10.1 Å². The number of carbonyl (C=O) groups is 2. The Labute approximate surface area is 128 Å². The van der Waals surface area contributed by atoms with Crippen LogP contribution in [0.5, 0.6) is 17.2 Å². The smallest absolute Gasteiger partial charge is 0.394 e. The molecule has 0 unspecified atom stereocenters. The van der Waals surface area contributed by atoms with E-state index in [2.05, 4.69) is 10.3 Å². The zero-order valence-corrected chi connectivity index (χ0v) is 12.4. The summed E-state index contributed by atoms with van der Waals surface area (Å²) in [7, 11) is 2.80. The minimum Gasteiger partial charge on any atom is -0.502 e. The molecule has 0 spiro atoms. The third kappa shape index (κ3) is 3.09. The summed E-state index contributed by atoms with van der Waals surface area (Å²) in [6.45, 7) is 0. The monoisotopic (exact) mass is 324 g/mol. The molecule has 2 rings (SSSR count). The van der Waals surface area contributed by atoms with Gasteiger partial charge in [0.15, 0.2) is 16.6 Å². The number of nitrogens with zero attached hydrogens (tertiary/aromatic N) is 1. The average molecular weight is 324 g/mol. The second kappa shape index (κ2) is 6.31. The van der Waals surface area contributed by atoms with Crippen molar-refractivity contribution in [3.8, 4) is 28.5 Å². The first-order valence-corrected chi connectivity index (χ1v) is 6.79. The number of aliphatic carboxylic acids is 1. The van der Waals surface area contributed by atoms with E-state index in [1.54, 1.807) is 17.5 Å². The largest absolute Gasteiger partial charge is 0.502 e. The van der Waals surface area contributed by atoms with Crippen LogP contribution in [0.15, 0.2) is 17.5 Å². The molecule has 116 valence electrons. The van der Waals surface area contributed by atoms with Gasteiger partial charge in [-0.2, -0.15) is 0 Å². The molecule has 1 aromatic carbocycles. The minimum atomic E-state index is -1.59. The Kier molecular flexibility index (Phi) is 4.47. The van der Waals surface area contributed by atoms with E-state index in [0.29, 0.717) is 11.3 Å². The molecule has 9 heteroatoms. The van der Waals surface area contributed by atoms with Gasteiger partial charge < -0.3 is 19.7 Å². The first kappa shape index (κ1) is 15.6. The van der Waals surface area contributed by atoms with Gasteiger partial charge in [-0.25, -0.2) is 9.78 Å². The van der Waals surface area contributed by atoms with Crippen molar-refractivity contribution < 1.29 is 29.3 Å². The van der Waals surface area contributed by atoms with E-state index in [1.165, 1.54) is 14.2 Å². The molecule has 0 fully saturated rings. The molecule has 0 aliphatic heterocycles. The molecular formula is C13H12N2O6S. The normalized spacial score (nSPS) is 10.1. The SMILES string of the molecule is COc1cc(-c2csc(NC(=O)C(=O)O)n2)cc(OC)c1O. The number of amides is 1. The van der Waals surface area contributed by atoms with Gasteiger partial charge in [0, 0.05) is 10.9 Å². The molecule has 2 aromatic rings. The summed E-state index contributed by atoms with van der Waals surface area (Å²) < 4.78 is 10.1. The topological polar surface area (TPSA) is 118 Å². The van der Waals surface area contributed by atoms with Crippen LogP contribution in [-0.2, 0) is 9.59 Å². The number of aromatic nitrogens is 1. The fourth-order valence-electron chi connectivity index (χ4n) is 1.66. The van der Waals surface area contributed by atoms with Crippen molar-refractivity contribution in [1.82, 2.24) is 4.98 Å². The van der Waals surface area contributed by atoms with Crippen LogP contribution < -0.4 is 14.8 Å². The number of carboxylic acid groups (broad SMARTS) is 1. The van der Waals surface area contributed by atoms with Gasteiger partial charge in [-0.15, -0.1) is 11.3 Å². The lowest BCUT2D eigenvalue weighted by Crippen LogP contribution is -2.21. The summed E-state index contributed by atoms with van der Waals surface area (Å²) in [4.78, 5) is 25.7. The lowest BCUT2D eigenvalue weighted by atomic mass is 10.1. The predicted octanol–water partition coefficient (Wildman–Crippen LogP) is 1.56. The molecular weight excluding hydrogens is 312 g/mol. The molecule has 22 heavy (non-hydrogen) atoms. The molecule has 0 bridgehead atoms. The van der Waals surface area contributed by atoms with Gasteiger partial charge in [-0.05, 0) is 12.1 Å². The van der Waals surface area contributed by atoms with Gasteiger partial charge in [0.05, 0.1) is 19.9 Å². The quantitative estimate of drug-likeness (QED) is 0.730. The average Bonchev–Trinajstić information content (AvgIpc) is 2.95. The van der Waals surface area contributed by atoms with Crippen LogP contribution in [0, 0.1) is 0 Å². The molecule has 0 aliphatic carbocycles. The molecule has 1 aromatic heterocycles.